The van der Waals surface area contributed by atoms with Crippen LogP contribution in [0.2, 0.25) is 0 Å². The maximum atomic E-state index is 13.2. The molecule has 4 heteroatoms. The summed E-state index contributed by atoms with van der Waals surface area (Å²) in [4.78, 5) is 12.0. The molecule has 0 fully saturated rings. The van der Waals surface area contributed by atoms with Crippen molar-refractivity contribution in [3.8, 4) is 5.75 Å². The van der Waals surface area contributed by atoms with Gasteiger partial charge in [0.05, 0.1) is 12.0 Å². The first kappa shape index (κ1) is 11.8. The Kier molecular flexibility index (Phi) is 2.78. The molecular weight excluding hydrogens is 250 g/mol. The van der Waals surface area contributed by atoms with Crippen molar-refractivity contribution in [2.45, 2.75) is 12.5 Å². The fraction of sp³-hybridized carbons (Fsp3) is 0.133. The zero-order chi connectivity index (χ0) is 13.4. The highest BCUT2D eigenvalue weighted by atomic mass is 19.1. The molecule has 0 amide bonds. The van der Waals surface area contributed by atoms with Gasteiger partial charge in [0.2, 0.25) is 0 Å². The van der Waals surface area contributed by atoms with E-state index in [2.05, 4.69) is 0 Å². The van der Waals surface area contributed by atoms with E-state index in [0.717, 1.165) is 0 Å². The van der Waals surface area contributed by atoms with Crippen LogP contribution in [0.5, 0.6) is 5.75 Å². The third-order valence-corrected chi connectivity index (χ3v) is 3.10. The second-order valence-electron chi connectivity index (χ2n) is 4.43. The third-order valence-electron chi connectivity index (χ3n) is 3.10. The van der Waals surface area contributed by atoms with Gasteiger partial charge in [0.25, 0.3) is 0 Å². The van der Waals surface area contributed by atoms with Crippen LogP contribution in [0.1, 0.15) is 28.4 Å². The quantitative estimate of drug-likeness (QED) is 0.782. The van der Waals surface area contributed by atoms with E-state index in [1.165, 1.54) is 30.3 Å². The van der Waals surface area contributed by atoms with Crippen molar-refractivity contribution in [2.75, 3.05) is 0 Å². The number of carbonyl (C=O) groups excluding carboxylic acids is 1. The average molecular weight is 260 g/mol. The number of fused-ring (bicyclic) bond motifs is 1. The van der Waals surface area contributed by atoms with Crippen molar-refractivity contribution >= 4 is 5.78 Å². The molecule has 0 bridgehead atoms. The van der Waals surface area contributed by atoms with Gasteiger partial charge >= 0.3 is 0 Å². The first-order valence-corrected chi connectivity index (χ1v) is 5.88. The zero-order valence-corrected chi connectivity index (χ0v) is 9.90. The summed E-state index contributed by atoms with van der Waals surface area (Å²) in [6, 6.07) is 9.70. The molecule has 0 N–H and O–H groups in total. The number of ether oxygens (including phenoxy) is 1. The van der Waals surface area contributed by atoms with Crippen molar-refractivity contribution < 1.29 is 18.3 Å². The van der Waals surface area contributed by atoms with Crippen LogP contribution in [-0.2, 0) is 0 Å². The fourth-order valence-corrected chi connectivity index (χ4v) is 2.19. The molecule has 0 radical (unpaired) electrons. The SMILES string of the molecule is O=C1CC(c2cccc(F)c2)Oc2cc(F)ccc21. The van der Waals surface area contributed by atoms with Gasteiger partial charge in [0.15, 0.2) is 5.78 Å². The number of hydrogen-bond donors (Lipinski definition) is 0. The Morgan fingerprint density at radius 3 is 2.63 bits per heavy atom. The van der Waals surface area contributed by atoms with Crippen LogP contribution in [-0.4, -0.2) is 5.78 Å². The van der Waals surface area contributed by atoms with Crippen LogP contribution < -0.4 is 4.74 Å². The van der Waals surface area contributed by atoms with E-state index >= 15 is 0 Å². The molecule has 1 aliphatic heterocycles. The van der Waals surface area contributed by atoms with E-state index in [9.17, 15) is 13.6 Å². The molecule has 0 saturated carbocycles. The topological polar surface area (TPSA) is 26.3 Å². The third kappa shape index (κ3) is 2.21. The minimum absolute atomic E-state index is 0.127. The minimum Gasteiger partial charge on any atom is -0.484 e. The van der Waals surface area contributed by atoms with Gasteiger partial charge in [-0.15, -0.1) is 0 Å². The molecule has 1 unspecified atom stereocenters. The smallest absolute Gasteiger partial charge is 0.170 e. The lowest BCUT2D eigenvalue weighted by Crippen LogP contribution is -2.20. The van der Waals surface area contributed by atoms with Crippen molar-refractivity contribution in [3.63, 3.8) is 0 Å². The van der Waals surface area contributed by atoms with Gasteiger partial charge < -0.3 is 4.74 Å². The second kappa shape index (κ2) is 4.46. The zero-order valence-electron chi connectivity index (χ0n) is 9.90. The maximum absolute atomic E-state index is 13.2. The summed E-state index contributed by atoms with van der Waals surface area (Å²) in [5, 5.41) is 0. The number of carbonyl (C=O) groups is 1. The normalized spacial score (nSPS) is 17.8. The Morgan fingerprint density at radius 2 is 1.84 bits per heavy atom. The van der Waals surface area contributed by atoms with Gasteiger partial charge in [-0.05, 0) is 29.8 Å². The largest absolute Gasteiger partial charge is 0.484 e. The Labute approximate surface area is 108 Å². The van der Waals surface area contributed by atoms with Crippen molar-refractivity contribution in [2.24, 2.45) is 0 Å². The van der Waals surface area contributed by atoms with Crippen molar-refractivity contribution in [1.29, 1.82) is 0 Å². The summed E-state index contributed by atoms with van der Waals surface area (Å²) < 4.78 is 31.9. The predicted molar refractivity (Wildman–Crippen MR) is 65.1 cm³/mol. The van der Waals surface area contributed by atoms with Crippen LogP contribution in [0.25, 0.3) is 0 Å². The Hall–Kier alpha value is -2.23. The maximum Gasteiger partial charge on any atom is 0.170 e. The highest BCUT2D eigenvalue weighted by molar-refractivity contribution is 5.99. The fourth-order valence-electron chi connectivity index (χ4n) is 2.19. The van der Waals surface area contributed by atoms with Gasteiger partial charge in [-0.1, -0.05) is 12.1 Å². The van der Waals surface area contributed by atoms with Gasteiger partial charge in [0.1, 0.15) is 23.5 Å². The highest BCUT2D eigenvalue weighted by Gasteiger charge is 2.28. The molecule has 2 aromatic rings. The summed E-state index contributed by atoms with van der Waals surface area (Å²) in [7, 11) is 0. The molecule has 0 saturated heterocycles. The first-order valence-electron chi connectivity index (χ1n) is 5.88. The van der Waals surface area contributed by atoms with E-state index < -0.39 is 17.7 Å². The van der Waals surface area contributed by atoms with E-state index in [1.54, 1.807) is 12.1 Å². The number of hydrogen-bond acceptors (Lipinski definition) is 2. The molecule has 0 aromatic heterocycles. The summed E-state index contributed by atoms with van der Waals surface area (Å²) in [5.41, 5.74) is 0.942. The lowest BCUT2D eigenvalue weighted by molar-refractivity contribution is 0.0849. The number of Topliss-reactive ketones (excluding diaryl/α,β-unsaturated/α-hetero) is 1. The molecule has 1 heterocycles. The van der Waals surface area contributed by atoms with Crippen LogP contribution in [0.15, 0.2) is 42.5 Å². The molecule has 1 aliphatic rings. The molecule has 96 valence electrons. The molecule has 0 aliphatic carbocycles. The predicted octanol–water partition coefficient (Wildman–Crippen LogP) is 3.67. The van der Waals surface area contributed by atoms with Crippen molar-refractivity contribution in [1.82, 2.24) is 0 Å². The standard InChI is InChI=1S/C15H10F2O2/c16-10-3-1-2-9(6-10)14-8-13(18)12-5-4-11(17)7-15(12)19-14/h1-7,14H,8H2. The monoisotopic (exact) mass is 260 g/mol. The molecule has 1 atom stereocenters. The summed E-state index contributed by atoms with van der Waals surface area (Å²) >= 11 is 0. The van der Waals surface area contributed by atoms with Crippen LogP contribution in [0.3, 0.4) is 0 Å². The minimum atomic E-state index is -0.572. The number of benzene rings is 2. The Bertz CT molecular complexity index is 652. The van der Waals surface area contributed by atoms with E-state index in [4.69, 9.17) is 4.74 Å². The molecule has 2 aromatic carbocycles. The average Bonchev–Trinajstić information content (AvgIpc) is 2.38. The van der Waals surface area contributed by atoms with Gasteiger partial charge in [-0.3, -0.25) is 4.79 Å². The molecule has 19 heavy (non-hydrogen) atoms. The van der Waals surface area contributed by atoms with Crippen LogP contribution >= 0.6 is 0 Å². The molecule has 3 rings (SSSR count). The van der Waals surface area contributed by atoms with E-state index in [1.807, 2.05) is 0 Å². The summed E-state index contributed by atoms with van der Waals surface area (Å²) in [6.45, 7) is 0. The molecular formula is C15H10F2O2. The lowest BCUT2D eigenvalue weighted by atomic mass is 9.96. The summed E-state index contributed by atoms with van der Waals surface area (Å²) in [6.07, 6.45) is -0.445. The molecule has 2 nitrogen and oxygen atoms in total. The number of ketones is 1. The van der Waals surface area contributed by atoms with Gasteiger partial charge in [-0.2, -0.15) is 0 Å². The number of rotatable bonds is 1. The van der Waals surface area contributed by atoms with Gasteiger partial charge in [0, 0.05) is 6.07 Å². The Balaban J connectivity index is 1.98. The van der Waals surface area contributed by atoms with Crippen LogP contribution in [0.4, 0.5) is 8.78 Å². The number of halogens is 2. The van der Waals surface area contributed by atoms with Gasteiger partial charge in [-0.25, -0.2) is 8.78 Å². The van der Waals surface area contributed by atoms with E-state index in [-0.39, 0.29) is 18.0 Å². The lowest BCUT2D eigenvalue weighted by Gasteiger charge is -2.25. The highest BCUT2D eigenvalue weighted by Crippen LogP contribution is 2.35. The van der Waals surface area contributed by atoms with Crippen molar-refractivity contribution in [3.05, 3.63) is 65.2 Å². The summed E-state index contributed by atoms with van der Waals surface area (Å²) in [5.74, 6) is -0.772. The molecule has 0 spiro atoms. The van der Waals surface area contributed by atoms with Crippen LogP contribution in [0, 0.1) is 11.6 Å². The Morgan fingerprint density at radius 1 is 1.05 bits per heavy atom. The van der Waals surface area contributed by atoms with E-state index in [0.29, 0.717) is 11.1 Å². The first-order chi connectivity index (χ1) is 9.13. The second-order valence-corrected chi connectivity index (χ2v) is 4.43.